The van der Waals surface area contributed by atoms with Crippen molar-refractivity contribution in [2.75, 3.05) is 13.1 Å². The van der Waals surface area contributed by atoms with Crippen molar-refractivity contribution in [3.05, 3.63) is 71.3 Å². The molecule has 0 unspecified atom stereocenters. The van der Waals surface area contributed by atoms with Gasteiger partial charge in [-0.15, -0.1) is 0 Å². The molecule has 23 heavy (non-hydrogen) atoms. The van der Waals surface area contributed by atoms with E-state index in [0.717, 1.165) is 12.0 Å². The highest BCUT2D eigenvalue weighted by Crippen LogP contribution is 2.29. The summed E-state index contributed by atoms with van der Waals surface area (Å²) in [7, 11) is 0. The number of hydrogen-bond donors (Lipinski definition) is 1. The number of rotatable bonds is 3. The molecule has 3 rings (SSSR count). The van der Waals surface area contributed by atoms with Gasteiger partial charge in [0.05, 0.1) is 6.04 Å². The normalized spacial score (nSPS) is 16.6. The predicted molar refractivity (Wildman–Crippen MR) is 89.0 cm³/mol. The van der Waals surface area contributed by atoms with Crippen LogP contribution in [0.5, 0.6) is 0 Å². The Morgan fingerprint density at radius 2 is 1.78 bits per heavy atom. The van der Waals surface area contributed by atoms with Crippen molar-refractivity contribution in [3.63, 3.8) is 0 Å². The molecule has 0 fully saturated rings. The maximum atomic E-state index is 12.3. The quantitative estimate of drug-likeness (QED) is 0.947. The molecule has 1 aliphatic heterocycles. The second kappa shape index (κ2) is 6.65. The van der Waals surface area contributed by atoms with Crippen molar-refractivity contribution < 1.29 is 9.59 Å². The summed E-state index contributed by atoms with van der Waals surface area (Å²) in [5, 5.41) is 2.96. The zero-order valence-corrected chi connectivity index (χ0v) is 13.2. The van der Waals surface area contributed by atoms with Gasteiger partial charge >= 0.3 is 0 Å². The van der Waals surface area contributed by atoms with E-state index in [1.807, 2.05) is 41.3 Å². The van der Waals surface area contributed by atoms with E-state index in [9.17, 15) is 9.59 Å². The number of amides is 2. The maximum absolute atomic E-state index is 12.3. The van der Waals surface area contributed by atoms with E-state index >= 15 is 0 Å². The molecule has 118 valence electrons. The fraction of sp³-hybridized carbons (Fsp3) is 0.263. The van der Waals surface area contributed by atoms with Crippen molar-refractivity contribution >= 4 is 11.8 Å². The third-order valence-corrected chi connectivity index (χ3v) is 4.31. The molecule has 2 aromatic carbocycles. The van der Waals surface area contributed by atoms with Gasteiger partial charge in [0.15, 0.2) is 0 Å². The van der Waals surface area contributed by atoms with Crippen LogP contribution in [0.1, 0.15) is 34.5 Å². The Kier molecular flexibility index (Phi) is 4.42. The number of nitrogens with zero attached hydrogens (tertiary/aromatic N) is 1. The van der Waals surface area contributed by atoms with Crippen molar-refractivity contribution in [3.8, 4) is 0 Å². The molecule has 1 atom stereocenters. The minimum Gasteiger partial charge on any atom is -0.350 e. The van der Waals surface area contributed by atoms with Crippen molar-refractivity contribution in [2.45, 2.75) is 19.4 Å². The summed E-state index contributed by atoms with van der Waals surface area (Å²) in [6, 6.07) is 17.2. The van der Waals surface area contributed by atoms with Crippen molar-refractivity contribution in [1.29, 1.82) is 0 Å². The summed E-state index contributed by atoms with van der Waals surface area (Å²) in [6.07, 6.45) is 0.860. The molecule has 0 aliphatic carbocycles. The zero-order valence-electron chi connectivity index (χ0n) is 13.2. The van der Waals surface area contributed by atoms with Gasteiger partial charge in [-0.25, -0.2) is 0 Å². The van der Waals surface area contributed by atoms with Crippen LogP contribution in [-0.4, -0.2) is 29.8 Å². The number of benzene rings is 2. The third-order valence-electron chi connectivity index (χ3n) is 4.31. The largest absolute Gasteiger partial charge is 0.350 e. The molecule has 4 heteroatoms. The van der Waals surface area contributed by atoms with Gasteiger partial charge in [-0.1, -0.05) is 42.5 Å². The Balaban J connectivity index is 1.78. The van der Waals surface area contributed by atoms with Crippen LogP contribution < -0.4 is 5.32 Å². The Bertz CT molecular complexity index is 712. The van der Waals surface area contributed by atoms with Gasteiger partial charge in [0, 0.05) is 25.6 Å². The Morgan fingerprint density at radius 1 is 1.09 bits per heavy atom. The first-order valence-electron chi connectivity index (χ1n) is 7.85. The zero-order chi connectivity index (χ0) is 16.2. The van der Waals surface area contributed by atoms with Crippen LogP contribution in [0.4, 0.5) is 0 Å². The number of fused-ring (bicyclic) bond motifs is 1. The van der Waals surface area contributed by atoms with Crippen LogP contribution in [-0.2, 0) is 11.2 Å². The molecule has 1 aliphatic rings. The lowest BCUT2D eigenvalue weighted by molar-refractivity contribution is -0.131. The van der Waals surface area contributed by atoms with E-state index in [0.29, 0.717) is 18.7 Å². The summed E-state index contributed by atoms with van der Waals surface area (Å²) in [5.41, 5.74) is 3.01. The molecule has 0 saturated carbocycles. The molecular formula is C19H20N2O2. The van der Waals surface area contributed by atoms with Gasteiger partial charge in [-0.05, 0) is 29.7 Å². The molecule has 2 aromatic rings. The van der Waals surface area contributed by atoms with Crippen LogP contribution in [0.15, 0.2) is 54.6 Å². The van der Waals surface area contributed by atoms with Gasteiger partial charge in [0.1, 0.15) is 0 Å². The summed E-state index contributed by atoms with van der Waals surface area (Å²) >= 11 is 0. The highest BCUT2D eigenvalue weighted by molar-refractivity contribution is 5.94. The first kappa shape index (κ1) is 15.3. The van der Waals surface area contributed by atoms with Crippen LogP contribution >= 0.6 is 0 Å². The lowest BCUT2D eigenvalue weighted by Gasteiger charge is -2.37. The second-order valence-corrected chi connectivity index (χ2v) is 5.75. The Hall–Kier alpha value is -2.62. The fourth-order valence-corrected chi connectivity index (χ4v) is 3.13. The predicted octanol–water partition coefficient (Wildman–Crippen LogP) is 2.56. The monoisotopic (exact) mass is 308 g/mol. The van der Waals surface area contributed by atoms with E-state index in [2.05, 4.69) is 11.4 Å². The molecule has 0 radical (unpaired) electrons. The smallest absolute Gasteiger partial charge is 0.251 e. The first-order chi connectivity index (χ1) is 11.2. The minimum atomic E-state index is -0.114. The third kappa shape index (κ3) is 3.26. The molecule has 0 spiro atoms. The lowest BCUT2D eigenvalue weighted by atomic mass is 9.92. The van der Waals surface area contributed by atoms with Crippen molar-refractivity contribution in [1.82, 2.24) is 10.2 Å². The lowest BCUT2D eigenvalue weighted by Crippen LogP contribution is -2.44. The van der Waals surface area contributed by atoms with Crippen LogP contribution in [0, 0.1) is 0 Å². The Morgan fingerprint density at radius 3 is 2.52 bits per heavy atom. The fourth-order valence-electron chi connectivity index (χ4n) is 3.13. The maximum Gasteiger partial charge on any atom is 0.251 e. The molecule has 1 N–H and O–H groups in total. The van der Waals surface area contributed by atoms with Crippen LogP contribution in [0.25, 0.3) is 0 Å². The van der Waals surface area contributed by atoms with Gasteiger partial charge in [0.2, 0.25) is 5.91 Å². The number of hydrogen-bond acceptors (Lipinski definition) is 2. The van der Waals surface area contributed by atoms with E-state index in [1.54, 1.807) is 19.1 Å². The van der Waals surface area contributed by atoms with Gasteiger partial charge < -0.3 is 10.2 Å². The van der Waals surface area contributed by atoms with Crippen LogP contribution in [0.2, 0.25) is 0 Å². The summed E-state index contributed by atoms with van der Waals surface area (Å²) in [6.45, 7) is 2.70. The van der Waals surface area contributed by atoms with Gasteiger partial charge in [-0.2, -0.15) is 0 Å². The summed E-state index contributed by atoms with van der Waals surface area (Å²) < 4.78 is 0. The topological polar surface area (TPSA) is 49.4 Å². The van der Waals surface area contributed by atoms with E-state index < -0.39 is 0 Å². The first-order valence-corrected chi connectivity index (χ1v) is 7.85. The van der Waals surface area contributed by atoms with Gasteiger partial charge in [-0.3, -0.25) is 9.59 Å². The highest BCUT2D eigenvalue weighted by atomic mass is 16.2. The Labute approximate surface area is 136 Å². The molecule has 0 saturated heterocycles. The summed E-state index contributed by atoms with van der Waals surface area (Å²) in [5.74, 6) is -0.0735. The highest BCUT2D eigenvalue weighted by Gasteiger charge is 2.29. The molecule has 0 bridgehead atoms. The average molecular weight is 308 g/mol. The molecule has 4 nitrogen and oxygen atoms in total. The average Bonchev–Trinajstić information content (AvgIpc) is 2.59. The molecule has 0 aromatic heterocycles. The number of nitrogens with one attached hydrogen (secondary N) is 1. The van der Waals surface area contributed by atoms with Crippen LogP contribution in [0.3, 0.4) is 0 Å². The number of carbonyl (C=O) groups excluding carboxylic acids is 2. The molecule has 2 amide bonds. The molecular weight excluding hydrogens is 288 g/mol. The SMILES string of the molecule is CC(=O)N1CCc2ccccc2[C@H]1CNC(=O)c1ccccc1. The van der Waals surface area contributed by atoms with Gasteiger partial charge in [0.25, 0.3) is 5.91 Å². The second-order valence-electron chi connectivity index (χ2n) is 5.75. The van der Waals surface area contributed by atoms with Crippen molar-refractivity contribution in [2.24, 2.45) is 0 Å². The van der Waals surface area contributed by atoms with E-state index in [1.165, 1.54) is 5.56 Å². The standard InChI is InChI=1S/C19H20N2O2/c1-14(22)21-12-11-15-7-5-6-10-17(15)18(21)13-20-19(23)16-8-3-2-4-9-16/h2-10,18H,11-13H2,1H3,(H,20,23)/t18-/m1/s1. The van der Waals surface area contributed by atoms with E-state index in [-0.39, 0.29) is 17.9 Å². The van der Waals surface area contributed by atoms with E-state index in [4.69, 9.17) is 0 Å². The summed E-state index contributed by atoms with van der Waals surface area (Å²) in [4.78, 5) is 26.0. The minimum absolute atomic E-state index is 0.0402. The number of carbonyl (C=O) groups is 2. The molecule has 1 heterocycles.